The number of alkyl halides is 3. The minimum atomic E-state index is -5.08. The molecule has 0 atom stereocenters. The van der Waals surface area contributed by atoms with Crippen LogP contribution >= 0.6 is 0 Å². The van der Waals surface area contributed by atoms with Crippen LogP contribution in [0.4, 0.5) is 13.2 Å². The van der Waals surface area contributed by atoms with Crippen molar-refractivity contribution in [3.05, 3.63) is 64.6 Å². The summed E-state index contributed by atoms with van der Waals surface area (Å²) in [5.41, 5.74) is 0.0551. The number of aromatic nitrogens is 1. The lowest BCUT2D eigenvalue weighted by atomic mass is 9.97. The van der Waals surface area contributed by atoms with Crippen LogP contribution in [0.2, 0.25) is 0 Å². The molecule has 0 aliphatic carbocycles. The molecule has 35 heavy (non-hydrogen) atoms. The molecule has 0 saturated heterocycles. The van der Waals surface area contributed by atoms with Gasteiger partial charge in [0.15, 0.2) is 0 Å². The Morgan fingerprint density at radius 3 is 2.40 bits per heavy atom. The fraction of sp³-hybridized carbons (Fsp3) is 0.320. The Morgan fingerprint density at radius 2 is 1.80 bits per heavy atom. The number of esters is 1. The van der Waals surface area contributed by atoms with Crippen molar-refractivity contribution in [3.63, 3.8) is 0 Å². The number of benzene rings is 2. The lowest BCUT2D eigenvalue weighted by Gasteiger charge is -2.26. The lowest BCUT2D eigenvalue weighted by Crippen LogP contribution is -2.47. The van der Waals surface area contributed by atoms with Crippen LogP contribution in [0.15, 0.2) is 53.3 Å². The highest BCUT2D eigenvalue weighted by molar-refractivity contribution is 5.99. The Bertz CT molecular complexity index is 1330. The zero-order valence-electron chi connectivity index (χ0n) is 19.4. The van der Waals surface area contributed by atoms with Crippen LogP contribution < -0.4 is 15.6 Å². The highest BCUT2D eigenvalue weighted by Gasteiger charge is 2.41. The number of fused-ring (bicyclic) bond motifs is 1. The average molecular weight is 487 g/mol. The quantitative estimate of drug-likeness (QED) is 0.483. The molecule has 0 aliphatic rings. The third-order valence-corrected chi connectivity index (χ3v) is 5.38. The average Bonchev–Trinajstić information content (AvgIpc) is 2.83. The summed E-state index contributed by atoms with van der Waals surface area (Å²) in [5, 5.41) is 14.0. The molecule has 0 fully saturated rings. The van der Waals surface area contributed by atoms with E-state index in [1.165, 1.54) is 11.7 Å². The second-order valence-electron chi connectivity index (χ2n) is 8.45. The van der Waals surface area contributed by atoms with Gasteiger partial charge in [0.1, 0.15) is 24.1 Å². The number of nitrogens with zero attached hydrogens (tertiary/aromatic N) is 2. The van der Waals surface area contributed by atoms with Crippen LogP contribution in [0.25, 0.3) is 21.9 Å². The van der Waals surface area contributed by atoms with Crippen LogP contribution in [-0.2, 0) is 16.1 Å². The number of rotatable bonds is 8. The van der Waals surface area contributed by atoms with E-state index in [-0.39, 0.29) is 24.3 Å². The van der Waals surface area contributed by atoms with Gasteiger partial charge in [0.2, 0.25) is 0 Å². The van der Waals surface area contributed by atoms with E-state index in [0.717, 1.165) is 5.56 Å². The summed E-state index contributed by atoms with van der Waals surface area (Å²) in [6.45, 7) is 2.78. The zero-order valence-corrected chi connectivity index (χ0v) is 19.4. The van der Waals surface area contributed by atoms with E-state index in [0.29, 0.717) is 22.1 Å². The molecule has 0 spiro atoms. The summed E-state index contributed by atoms with van der Waals surface area (Å²) in [7, 11) is 1.51. The Labute approximate surface area is 199 Å². The monoisotopic (exact) mass is 487 g/mol. The van der Waals surface area contributed by atoms with E-state index >= 15 is 0 Å². The fourth-order valence-corrected chi connectivity index (χ4v) is 3.66. The van der Waals surface area contributed by atoms with Crippen molar-refractivity contribution in [3.8, 4) is 22.9 Å². The van der Waals surface area contributed by atoms with Crippen LogP contribution in [0.5, 0.6) is 5.75 Å². The van der Waals surface area contributed by atoms with Crippen molar-refractivity contribution < 1.29 is 27.4 Å². The van der Waals surface area contributed by atoms with Gasteiger partial charge in [0, 0.05) is 35.0 Å². The first-order chi connectivity index (χ1) is 16.5. The molecule has 0 unspecified atom stereocenters. The van der Waals surface area contributed by atoms with Crippen molar-refractivity contribution in [1.29, 1.82) is 5.26 Å². The molecule has 3 aromatic rings. The first-order valence-electron chi connectivity index (χ1n) is 10.7. The number of methoxy groups -OCH3 is 1. The standard InChI is InChI=1S/C25H24F3N3O4/c1-24(2,15-35-23(33)25(26,27)28)30-11-12-31-20(14-29)21(16-7-5-4-6-8-16)19-13-17(34-3)9-10-18(19)22(31)32/h4-10,13,30H,11-12,15H2,1-3H3. The largest absolute Gasteiger partial charge is 0.497 e. The van der Waals surface area contributed by atoms with E-state index < -0.39 is 24.3 Å². The first kappa shape index (κ1) is 25.8. The molecule has 2 aromatic carbocycles. The maximum Gasteiger partial charge on any atom is 0.490 e. The van der Waals surface area contributed by atoms with Gasteiger partial charge in [0.05, 0.1) is 7.11 Å². The Hall–Kier alpha value is -3.84. The number of ether oxygens (including phenoxy) is 2. The Kier molecular flexibility index (Phi) is 7.51. The molecule has 184 valence electrons. The van der Waals surface area contributed by atoms with Gasteiger partial charge in [-0.2, -0.15) is 18.4 Å². The number of carbonyl (C=O) groups excluding carboxylic acids is 1. The summed E-state index contributed by atoms with van der Waals surface area (Å²) in [5.74, 6) is -1.74. The molecular formula is C25H24F3N3O4. The SMILES string of the molecule is COc1ccc2c(=O)n(CCNC(C)(C)COC(=O)C(F)(F)F)c(C#N)c(-c3ccccc3)c2c1. The maximum absolute atomic E-state index is 13.3. The number of halogens is 3. The van der Waals surface area contributed by atoms with Crippen molar-refractivity contribution in [2.24, 2.45) is 0 Å². The van der Waals surface area contributed by atoms with E-state index in [2.05, 4.69) is 16.1 Å². The zero-order chi connectivity index (χ0) is 25.8. The molecule has 10 heteroatoms. The minimum absolute atomic E-state index is 0.0557. The van der Waals surface area contributed by atoms with Crippen LogP contribution in [0.1, 0.15) is 19.5 Å². The third-order valence-electron chi connectivity index (χ3n) is 5.38. The lowest BCUT2D eigenvalue weighted by molar-refractivity contribution is -0.201. The molecule has 1 aromatic heterocycles. The van der Waals surface area contributed by atoms with Gasteiger partial charge in [-0.25, -0.2) is 4.79 Å². The highest BCUT2D eigenvalue weighted by Crippen LogP contribution is 2.32. The van der Waals surface area contributed by atoms with Gasteiger partial charge in [-0.05, 0) is 37.6 Å². The van der Waals surface area contributed by atoms with Gasteiger partial charge in [0.25, 0.3) is 5.56 Å². The number of carbonyl (C=O) groups is 1. The highest BCUT2D eigenvalue weighted by atomic mass is 19.4. The number of hydrogen-bond acceptors (Lipinski definition) is 6. The van der Waals surface area contributed by atoms with E-state index in [1.54, 1.807) is 32.0 Å². The normalized spacial score (nSPS) is 11.8. The van der Waals surface area contributed by atoms with E-state index in [9.17, 15) is 28.0 Å². The van der Waals surface area contributed by atoms with E-state index in [4.69, 9.17) is 4.74 Å². The summed E-state index contributed by atoms with van der Waals surface area (Å²) in [4.78, 5) is 24.3. The number of hydrogen-bond donors (Lipinski definition) is 1. The van der Waals surface area contributed by atoms with Crippen molar-refractivity contribution in [2.75, 3.05) is 20.3 Å². The van der Waals surface area contributed by atoms with Gasteiger partial charge in [-0.1, -0.05) is 30.3 Å². The van der Waals surface area contributed by atoms with Gasteiger partial charge in [-0.3, -0.25) is 9.36 Å². The fourth-order valence-electron chi connectivity index (χ4n) is 3.66. The third kappa shape index (κ3) is 5.81. The van der Waals surface area contributed by atoms with E-state index in [1.807, 2.05) is 30.3 Å². The Balaban J connectivity index is 1.96. The maximum atomic E-state index is 13.3. The molecular weight excluding hydrogens is 463 g/mol. The summed E-state index contributed by atoms with van der Waals surface area (Å²) in [6.07, 6.45) is -5.08. The van der Waals surface area contributed by atoms with Gasteiger partial charge < -0.3 is 14.8 Å². The van der Waals surface area contributed by atoms with Crippen molar-refractivity contribution in [1.82, 2.24) is 9.88 Å². The molecule has 1 heterocycles. The predicted molar refractivity (Wildman–Crippen MR) is 124 cm³/mol. The topological polar surface area (TPSA) is 93.3 Å². The van der Waals surface area contributed by atoms with Gasteiger partial charge >= 0.3 is 12.1 Å². The first-order valence-corrected chi connectivity index (χ1v) is 10.7. The molecule has 0 saturated carbocycles. The molecule has 0 bridgehead atoms. The number of pyridine rings is 1. The molecule has 0 radical (unpaired) electrons. The van der Waals surface area contributed by atoms with Crippen molar-refractivity contribution >= 4 is 16.7 Å². The summed E-state index contributed by atoms with van der Waals surface area (Å²) in [6, 6.07) is 16.3. The van der Waals surface area contributed by atoms with Crippen LogP contribution in [0, 0.1) is 11.3 Å². The minimum Gasteiger partial charge on any atom is -0.497 e. The molecule has 0 aliphatic heterocycles. The summed E-state index contributed by atoms with van der Waals surface area (Å²) < 4.78 is 48.2. The second kappa shape index (κ2) is 10.2. The number of nitriles is 1. The van der Waals surface area contributed by atoms with Crippen LogP contribution in [-0.4, -0.2) is 42.5 Å². The predicted octanol–water partition coefficient (Wildman–Crippen LogP) is 4.02. The summed E-state index contributed by atoms with van der Waals surface area (Å²) >= 11 is 0. The second-order valence-corrected chi connectivity index (χ2v) is 8.45. The smallest absolute Gasteiger partial charge is 0.490 e. The molecule has 0 amide bonds. The van der Waals surface area contributed by atoms with Crippen molar-refractivity contribution in [2.45, 2.75) is 32.1 Å². The molecule has 7 nitrogen and oxygen atoms in total. The number of nitrogens with one attached hydrogen (secondary N) is 1. The molecule has 1 N–H and O–H groups in total. The Morgan fingerprint density at radius 1 is 1.11 bits per heavy atom. The van der Waals surface area contributed by atoms with Gasteiger partial charge in [-0.15, -0.1) is 0 Å². The van der Waals surface area contributed by atoms with Crippen LogP contribution in [0.3, 0.4) is 0 Å². The molecule has 3 rings (SSSR count).